The Morgan fingerprint density at radius 3 is 2.50 bits per heavy atom. The second-order valence-corrected chi connectivity index (χ2v) is 4.38. The van der Waals surface area contributed by atoms with E-state index in [1.54, 1.807) is 13.2 Å². The third-order valence-electron chi connectivity index (χ3n) is 2.63. The Morgan fingerprint density at radius 1 is 1.17 bits per heavy atom. The molecule has 2 aromatic rings. The van der Waals surface area contributed by atoms with Gasteiger partial charge in [0.15, 0.2) is 5.82 Å². The van der Waals surface area contributed by atoms with Crippen LogP contribution in [-0.4, -0.2) is 17.1 Å². The highest BCUT2D eigenvalue weighted by molar-refractivity contribution is 6.29. The highest BCUT2D eigenvalue weighted by Gasteiger charge is 2.05. The van der Waals surface area contributed by atoms with Crippen LogP contribution < -0.4 is 0 Å². The van der Waals surface area contributed by atoms with Crippen LogP contribution in [0.3, 0.4) is 0 Å². The Hall–Kier alpha value is -1.45. The van der Waals surface area contributed by atoms with Gasteiger partial charge < -0.3 is 4.74 Å². The number of nitrogens with zero attached hydrogens (tertiary/aromatic N) is 2. The lowest BCUT2D eigenvalue weighted by atomic mass is 10.1. The molecule has 1 aromatic carbocycles. The van der Waals surface area contributed by atoms with Gasteiger partial charge >= 0.3 is 0 Å². The maximum absolute atomic E-state index is 5.99. The molecule has 0 fully saturated rings. The third kappa shape index (κ3) is 3.06. The fourth-order valence-electron chi connectivity index (χ4n) is 1.69. The summed E-state index contributed by atoms with van der Waals surface area (Å²) in [6.45, 7) is 2.65. The molecule has 0 N–H and O–H groups in total. The van der Waals surface area contributed by atoms with E-state index in [0.717, 1.165) is 23.2 Å². The van der Waals surface area contributed by atoms with E-state index < -0.39 is 0 Å². The Balaban J connectivity index is 2.33. The molecule has 0 atom stereocenters. The first-order valence-corrected chi connectivity index (χ1v) is 6.22. The molecule has 2 rings (SSSR count). The van der Waals surface area contributed by atoms with Crippen LogP contribution in [0.25, 0.3) is 11.4 Å². The van der Waals surface area contributed by atoms with Crippen LogP contribution in [0.15, 0.2) is 30.3 Å². The van der Waals surface area contributed by atoms with E-state index in [9.17, 15) is 0 Å². The van der Waals surface area contributed by atoms with Gasteiger partial charge in [-0.25, -0.2) is 9.97 Å². The van der Waals surface area contributed by atoms with Gasteiger partial charge in [-0.1, -0.05) is 42.8 Å². The second kappa shape index (κ2) is 5.94. The molecule has 0 saturated carbocycles. The predicted molar refractivity (Wildman–Crippen MR) is 72.6 cm³/mol. The van der Waals surface area contributed by atoms with Gasteiger partial charge in [-0.05, 0) is 18.1 Å². The third-order valence-corrected chi connectivity index (χ3v) is 2.83. The summed E-state index contributed by atoms with van der Waals surface area (Å²) < 4.78 is 5.08. The summed E-state index contributed by atoms with van der Waals surface area (Å²) in [5, 5.41) is 0.484. The number of methoxy groups -OCH3 is 1. The number of hydrogen-bond acceptors (Lipinski definition) is 3. The topological polar surface area (TPSA) is 35.0 Å². The summed E-state index contributed by atoms with van der Waals surface area (Å²) in [5.74, 6) is 0.670. The average molecular weight is 263 g/mol. The number of halogens is 1. The Bertz CT molecular complexity index is 526. The SMILES string of the molecule is CCc1cc(Cl)nc(-c2ccc(COC)cc2)n1. The van der Waals surface area contributed by atoms with Crippen LogP contribution in [0, 0.1) is 0 Å². The minimum atomic E-state index is 0.484. The van der Waals surface area contributed by atoms with Crippen molar-refractivity contribution in [1.29, 1.82) is 0 Å². The van der Waals surface area contributed by atoms with E-state index in [-0.39, 0.29) is 0 Å². The number of benzene rings is 1. The predicted octanol–water partition coefficient (Wildman–Crippen LogP) is 3.51. The summed E-state index contributed by atoms with van der Waals surface area (Å²) in [4.78, 5) is 8.72. The number of aryl methyl sites for hydroxylation is 1. The van der Waals surface area contributed by atoms with E-state index in [0.29, 0.717) is 17.6 Å². The van der Waals surface area contributed by atoms with E-state index >= 15 is 0 Å². The van der Waals surface area contributed by atoms with Crippen LogP contribution in [0.4, 0.5) is 0 Å². The van der Waals surface area contributed by atoms with E-state index in [4.69, 9.17) is 16.3 Å². The van der Waals surface area contributed by atoms with Crippen molar-refractivity contribution in [2.45, 2.75) is 20.0 Å². The Morgan fingerprint density at radius 2 is 1.89 bits per heavy atom. The number of hydrogen-bond donors (Lipinski definition) is 0. The molecule has 0 aliphatic carbocycles. The van der Waals surface area contributed by atoms with Crippen LogP contribution >= 0.6 is 11.6 Å². The summed E-state index contributed by atoms with van der Waals surface area (Å²) in [6.07, 6.45) is 0.844. The number of ether oxygens (including phenoxy) is 1. The summed E-state index contributed by atoms with van der Waals surface area (Å²) in [5.41, 5.74) is 3.04. The second-order valence-electron chi connectivity index (χ2n) is 3.99. The van der Waals surface area contributed by atoms with Gasteiger partial charge in [-0.15, -0.1) is 0 Å². The lowest BCUT2D eigenvalue weighted by molar-refractivity contribution is 0.185. The Labute approximate surface area is 112 Å². The zero-order chi connectivity index (χ0) is 13.0. The molecule has 0 spiro atoms. The molecule has 94 valence electrons. The van der Waals surface area contributed by atoms with Crippen molar-refractivity contribution in [1.82, 2.24) is 9.97 Å². The maximum Gasteiger partial charge on any atom is 0.161 e. The standard InChI is InChI=1S/C14H15ClN2O/c1-3-12-8-13(15)17-14(16-12)11-6-4-10(5-7-11)9-18-2/h4-8H,3,9H2,1-2H3. The largest absolute Gasteiger partial charge is 0.380 e. The number of aromatic nitrogens is 2. The van der Waals surface area contributed by atoms with Gasteiger partial charge in [0.05, 0.1) is 6.61 Å². The minimum absolute atomic E-state index is 0.484. The lowest BCUT2D eigenvalue weighted by Crippen LogP contribution is -1.95. The molecular formula is C14H15ClN2O. The summed E-state index contributed by atoms with van der Waals surface area (Å²) >= 11 is 5.99. The monoisotopic (exact) mass is 262 g/mol. The van der Waals surface area contributed by atoms with E-state index in [2.05, 4.69) is 9.97 Å². The fraction of sp³-hybridized carbons (Fsp3) is 0.286. The van der Waals surface area contributed by atoms with Gasteiger partial charge in [-0.2, -0.15) is 0 Å². The molecule has 4 heteroatoms. The van der Waals surface area contributed by atoms with Gasteiger partial charge in [0.25, 0.3) is 0 Å². The Kier molecular flexibility index (Phi) is 4.28. The molecule has 18 heavy (non-hydrogen) atoms. The lowest BCUT2D eigenvalue weighted by Gasteiger charge is -2.05. The van der Waals surface area contributed by atoms with Crippen molar-refractivity contribution in [3.05, 3.63) is 46.7 Å². The molecule has 0 saturated heterocycles. The summed E-state index contributed by atoms with van der Waals surface area (Å²) in [7, 11) is 1.68. The van der Waals surface area contributed by atoms with Crippen molar-refractivity contribution in [2.75, 3.05) is 7.11 Å². The first-order chi connectivity index (χ1) is 8.72. The smallest absolute Gasteiger partial charge is 0.161 e. The fourth-order valence-corrected chi connectivity index (χ4v) is 1.90. The summed E-state index contributed by atoms with van der Waals surface area (Å²) in [6, 6.07) is 9.78. The average Bonchev–Trinajstić information content (AvgIpc) is 2.39. The molecule has 0 unspecified atom stereocenters. The molecule has 3 nitrogen and oxygen atoms in total. The molecule has 0 radical (unpaired) electrons. The van der Waals surface area contributed by atoms with Crippen LogP contribution in [-0.2, 0) is 17.8 Å². The van der Waals surface area contributed by atoms with Crippen molar-refractivity contribution in [3.63, 3.8) is 0 Å². The van der Waals surface area contributed by atoms with Crippen LogP contribution in [0.2, 0.25) is 5.15 Å². The van der Waals surface area contributed by atoms with Gasteiger partial charge in [-0.3, -0.25) is 0 Å². The molecule has 0 bridgehead atoms. The zero-order valence-electron chi connectivity index (χ0n) is 10.5. The highest BCUT2D eigenvalue weighted by Crippen LogP contribution is 2.19. The highest BCUT2D eigenvalue weighted by atomic mass is 35.5. The van der Waals surface area contributed by atoms with Crippen LogP contribution in [0.1, 0.15) is 18.2 Å². The first kappa shape index (κ1) is 13.0. The minimum Gasteiger partial charge on any atom is -0.380 e. The zero-order valence-corrected chi connectivity index (χ0v) is 11.2. The van der Waals surface area contributed by atoms with Crippen molar-refractivity contribution in [3.8, 4) is 11.4 Å². The van der Waals surface area contributed by atoms with Crippen molar-refractivity contribution >= 4 is 11.6 Å². The van der Waals surface area contributed by atoms with E-state index in [1.807, 2.05) is 31.2 Å². The molecule has 0 amide bonds. The van der Waals surface area contributed by atoms with E-state index in [1.165, 1.54) is 0 Å². The van der Waals surface area contributed by atoms with Crippen molar-refractivity contribution in [2.24, 2.45) is 0 Å². The van der Waals surface area contributed by atoms with Crippen molar-refractivity contribution < 1.29 is 4.74 Å². The van der Waals surface area contributed by atoms with Gasteiger partial charge in [0.1, 0.15) is 5.15 Å². The van der Waals surface area contributed by atoms with Gasteiger partial charge in [0, 0.05) is 18.4 Å². The molecule has 0 aliphatic heterocycles. The molecule has 0 aliphatic rings. The first-order valence-electron chi connectivity index (χ1n) is 5.84. The molecule has 1 heterocycles. The molecule has 1 aromatic heterocycles. The molecular weight excluding hydrogens is 248 g/mol. The normalized spacial score (nSPS) is 10.6. The quantitative estimate of drug-likeness (QED) is 0.791. The maximum atomic E-state index is 5.99. The van der Waals surface area contributed by atoms with Crippen LogP contribution in [0.5, 0.6) is 0 Å². The number of rotatable bonds is 4. The van der Waals surface area contributed by atoms with Gasteiger partial charge in [0.2, 0.25) is 0 Å².